The zero-order valence-electron chi connectivity index (χ0n) is 15.1. The number of rotatable bonds is 6. The molecule has 0 saturated carbocycles. The van der Waals surface area contributed by atoms with E-state index in [9.17, 15) is 9.59 Å². The van der Waals surface area contributed by atoms with Gasteiger partial charge in [0.1, 0.15) is 31.0 Å². The minimum Gasteiger partial charge on any atom is -0.468 e. The van der Waals surface area contributed by atoms with Gasteiger partial charge in [0.2, 0.25) is 0 Å². The lowest BCUT2D eigenvalue weighted by atomic mass is 10.1. The molecule has 2 heterocycles. The largest absolute Gasteiger partial charge is 0.468 e. The van der Waals surface area contributed by atoms with E-state index in [0.29, 0.717) is 11.3 Å². The maximum absolute atomic E-state index is 12.4. The van der Waals surface area contributed by atoms with Crippen molar-refractivity contribution in [1.82, 2.24) is 29.8 Å². The van der Waals surface area contributed by atoms with Crippen LogP contribution in [0.3, 0.4) is 0 Å². The molecule has 27 heavy (non-hydrogen) atoms. The molecule has 3 aromatic rings. The van der Waals surface area contributed by atoms with Crippen LogP contribution in [0.25, 0.3) is 5.69 Å². The SMILES string of the molecule is COC(=O)Cn1cc(C(C)OC(=O)c2ccc(-n3cncn3)c(C)c2)nn1. The molecule has 0 spiro atoms. The molecule has 0 fully saturated rings. The molecule has 10 heteroatoms. The van der Waals surface area contributed by atoms with Gasteiger partial charge >= 0.3 is 11.9 Å². The fourth-order valence-electron chi connectivity index (χ4n) is 2.43. The van der Waals surface area contributed by atoms with E-state index in [1.165, 1.54) is 24.3 Å². The van der Waals surface area contributed by atoms with Crippen molar-refractivity contribution < 1.29 is 19.1 Å². The molecule has 0 aliphatic carbocycles. The zero-order chi connectivity index (χ0) is 19.4. The van der Waals surface area contributed by atoms with Crippen LogP contribution in [0.15, 0.2) is 37.1 Å². The van der Waals surface area contributed by atoms with Crippen LogP contribution in [0, 0.1) is 6.92 Å². The second kappa shape index (κ2) is 7.77. The van der Waals surface area contributed by atoms with Crippen LogP contribution in [0.1, 0.15) is 34.6 Å². The van der Waals surface area contributed by atoms with Gasteiger partial charge in [-0.1, -0.05) is 5.21 Å². The lowest BCUT2D eigenvalue weighted by Crippen LogP contribution is -2.12. The van der Waals surface area contributed by atoms with Crippen LogP contribution in [0.2, 0.25) is 0 Å². The number of carbonyl (C=O) groups is 2. The molecule has 0 aliphatic heterocycles. The second-order valence-electron chi connectivity index (χ2n) is 5.81. The van der Waals surface area contributed by atoms with Crippen molar-refractivity contribution in [2.45, 2.75) is 26.5 Å². The maximum atomic E-state index is 12.4. The topological polar surface area (TPSA) is 114 Å². The van der Waals surface area contributed by atoms with Gasteiger partial charge in [-0.3, -0.25) is 4.79 Å². The van der Waals surface area contributed by atoms with E-state index in [1.54, 1.807) is 36.1 Å². The number of hydrogen-bond donors (Lipinski definition) is 0. The minimum absolute atomic E-state index is 0.0624. The van der Waals surface area contributed by atoms with E-state index >= 15 is 0 Å². The van der Waals surface area contributed by atoms with Crippen molar-refractivity contribution in [3.05, 3.63) is 53.9 Å². The van der Waals surface area contributed by atoms with E-state index in [4.69, 9.17) is 4.74 Å². The van der Waals surface area contributed by atoms with Gasteiger partial charge in [0.15, 0.2) is 0 Å². The third-order valence-electron chi connectivity index (χ3n) is 3.87. The summed E-state index contributed by atoms with van der Waals surface area (Å²) < 4.78 is 13.0. The molecule has 140 valence electrons. The van der Waals surface area contributed by atoms with Gasteiger partial charge in [-0.25, -0.2) is 19.1 Å². The van der Waals surface area contributed by atoms with Crippen molar-refractivity contribution in [1.29, 1.82) is 0 Å². The molecule has 0 saturated heterocycles. The Morgan fingerprint density at radius 2 is 2.11 bits per heavy atom. The van der Waals surface area contributed by atoms with Crippen LogP contribution >= 0.6 is 0 Å². The minimum atomic E-state index is -0.626. The number of carbonyl (C=O) groups excluding carboxylic acids is 2. The quantitative estimate of drug-likeness (QED) is 0.596. The Balaban J connectivity index is 1.68. The fraction of sp³-hybridized carbons (Fsp3) is 0.294. The smallest absolute Gasteiger partial charge is 0.338 e. The van der Waals surface area contributed by atoms with Gasteiger partial charge in [0.05, 0.1) is 24.6 Å². The van der Waals surface area contributed by atoms with Gasteiger partial charge in [0, 0.05) is 0 Å². The van der Waals surface area contributed by atoms with E-state index in [1.807, 2.05) is 6.92 Å². The fourth-order valence-corrected chi connectivity index (χ4v) is 2.43. The van der Waals surface area contributed by atoms with E-state index < -0.39 is 18.0 Å². The molecule has 2 aromatic heterocycles. The highest BCUT2D eigenvalue weighted by Crippen LogP contribution is 2.19. The molecule has 3 rings (SSSR count). The van der Waals surface area contributed by atoms with Crippen molar-refractivity contribution in [3.63, 3.8) is 0 Å². The van der Waals surface area contributed by atoms with Crippen molar-refractivity contribution in [2.75, 3.05) is 7.11 Å². The van der Waals surface area contributed by atoms with Gasteiger partial charge in [-0.15, -0.1) is 5.10 Å². The van der Waals surface area contributed by atoms with Crippen LogP contribution in [0.4, 0.5) is 0 Å². The molecular formula is C17H18N6O4. The first-order valence-corrected chi connectivity index (χ1v) is 8.11. The third kappa shape index (κ3) is 4.17. The first-order valence-electron chi connectivity index (χ1n) is 8.11. The molecule has 0 bridgehead atoms. The molecule has 0 N–H and O–H groups in total. The monoisotopic (exact) mass is 370 g/mol. The highest BCUT2D eigenvalue weighted by Gasteiger charge is 2.18. The lowest BCUT2D eigenvalue weighted by Gasteiger charge is -2.12. The molecule has 0 radical (unpaired) electrons. The van der Waals surface area contributed by atoms with Crippen LogP contribution in [-0.2, 0) is 20.8 Å². The summed E-state index contributed by atoms with van der Waals surface area (Å²) >= 11 is 0. The Morgan fingerprint density at radius 1 is 1.30 bits per heavy atom. The van der Waals surface area contributed by atoms with Crippen molar-refractivity contribution >= 4 is 11.9 Å². The summed E-state index contributed by atoms with van der Waals surface area (Å²) in [7, 11) is 1.29. The average Bonchev–Trinajstić information content (AvgIpc) is 3.33. The predicted molar refractivity (Wildman–Crippen MR) is 92.0 cm³/mol. The van der Waals surface area contributed by atoms with E-state index in [0.717, 1.165) is 11.3 Å². The Bertz CT molecular complexity index is 950. The van der Waals surface area contributed by atoms with Gasteiger partial charge in [-0.05, 0) is 37.6 Å². The van der Waals surface area contributed by atoms with E-state index in [-0.39, 0.29) is 6.54 Å². The first-order chi connectivity index (χ1) is 13.0. The van der Waals surface area contributed by atoms with Crippen LogP contribution in [-0.4, -0.2) is 48.8 Å². The zero-order valence-corrected chi connectivity index (χ0v) is 15.1. The Morgan fingerprint density at radius 3 is 2.78 bits per heavy atom. The molecule has 1 atom stereocenters. The summed E-state index contributed by atoms with van der Waals surface area (Å²) in [6, 6.07) is 5.16. The molecule has 0 aliphatic rings. The van der Waals surface area contributed by atoms with Crippen LogP contribution in [0.5, 0.6) is 0 Å². The number of aryl methyl sites for hydroxylation is 1. The molecular weight excluding hydrogens is 352 g/mol. The number of methoxy groups -OCH3 is 1. The third-order valence-corrected chi connectivity index (χ3v) is 3.87. The standard InChI is InChI=1S/C17H18N6O4/c1-11-6-13(4-5-15(11)23-10-18-9-19-23)17(25)27-12(2)14-7-22(21-20-14)8-16(24)26-3/h4-7,9-10,12H,8H2,1-3H3. The predicted octanol–water partition coefficient (Wildman–Crippen LogP) is 1.26. The number of aromatic nitrogens is 6. The van der Waals surface area contributed by atoms with Crippen molar-refractivity contribution in [2.24, 2.45) is 0 Å². The number of benzene rings is 1. The number of hydrogen-bond acceptors (Lipinski definition) is 8. The summed E-state index contributed by atoms with van der Waals surface area (Å²) in [5, 5.41) is 11.8. The molecule has 1 unspecified atom stereocenters. The summed E-state index contributed by atoms with van der Waals surface area (Å²) in [6.07, 6.45) is 3.93. The van der Waals surface area contributed by atoms with Gasteiger partial charge in [-0.2, -0.15) is 5.10 Å². The van der Waals surface area contributed by atoms with E-state index in [2.05, 4.69) is 25.1 Å². The van der Waals surface area contributed by atoms with Gasteiger partial charge < -0.3 is 9.47 Å². The Labute approximate surface area is 154 Å². The number of ether oxygens (including phenoxy) is 2. The molecule has 0 amide bonds. The lowest BCUT2D eigenvalue weighted by molar-refractivity contribution is -0.141. The number of esters is 2. The summed E-state index contributed by atoms with van der Waals surface area (Å²) in [5.74, 6) is -0.933. The average molecular weight is 370 g/mol. The van der Waals surface area contributed by atoms with Crippen LogP contribution < -0.4 is 0 Å². The number of nitrogens with zero attached hydrogens (tertiary/aromatic N) is 6. The summed E-state index contributed by atoms with van der Waals surface area (Å²) in [4.78, 5) is 27.6. The molecule has 1 aromatic carbocycles. The maximum Gasteiger partial charge on any atom is 0.338 e. The highest BCUT2D eigenvalue weighted by molar-refractivity contribution is 5.90. The first kappa shape index (κ1) is 18.2. The summed E-state index contributed by atoms with van der Waals surface area (Å²) in [6.45, 7) is 3.49. The highest BCUT2D eigenvalue weighted by atomic mass is 16.5. The Hall–Kier alpha value is -3.56. The van der Waals surface area contributed by atoms with Crippen molar-refractivity contribution in [3.8, 4) is 5.69 Å². The second-order valence-corrected chi connectivity index (χ2v) is 5.81. The normalized spacial score (nSPS) is 11.8. The van der Waals surface area contributed by atoms with Gasteiger partial charge in [0.25, 0.3) is 0 Å². The molecule has 10 nitrogen and oxygen atoms in total. The summed E-state index contributed by atoms with van der Waals surface area (Å²) in [5.41, 5.74) is 2.52. The Kier molecular flexibility index (Phi) is 5.25.